The van der Waals surface area contributed by atoms with Crippen molar-refractivity contribution in [2.24, 2.45) is 0 Å². The van der Waals surface area contributed by atoms with Crippen LogP contribution in [0.3, 0.4) is 0 Å². The van der Waals surface area contributed by atoms with E-state index in [0.717, 1.165) is 50.1 Å². The van der Waals surface area contributed by atoms with Crippen molar-refractivity contribution in [3.8, 4) is 54.3 Å². The summed E-state index contributed by atoms with van der Waals surface area (Å²) in [5.74, 6) is 0. The van der Waals surface area contributed by atoms with Gasteiger partial charge in [-0.25, -0.2) is 0 Å². The van der Waals surface area contributed by atoms with Gasteiger partial charge in [0.25, 0.3) is 0 Å². The Morgan fingerprint density at radius 2 is 0.727 bits per heavy atom. The third-order valence-electron chi connectivity index (χ3n) is 10.4. The molecule has 0 fully saturated rings. The molecule has 0 radical (unpaired) electrons. The molecule has 0 spiro atoms. The molecule has 0 atom stereocenters. The van der Waals surface area contributed by atoms with Crippen LogP contribution in [0.5, 0.6) is 0 Å². The molecule has 0 amide bonds. The second-order valence-corrected chi connectivity index (χ2v) is 14.8. The minimum Gasteiger partial charge on any atom is -0.455 e. The zero-order valence-corrected chi connectivity index (χ0v) is 30.8. The summed E-state index contributed by atoms with van der Waals surface area (Å²) in [6, 6.07) is 75.8. The van der Waals surface area contributed by atoms with Gasteiger partial charge in [-0.2, -0.15) is 0 Å². The Morgan fingerprint density at radius 1 is 0.309 bits per heavy atom. The smallest absolute Gasteiger partial charge is 0.143 e. The summed E-state index contributed by atoms with van der Waals surface area (Å²) in [5, 5.41) is 2.27. The summed E-state index contributed by atoms with van der Waals surface area (Å²) < 4.78 is 6.40. The van der Waals surface area contributed by atoms with Crippen LogP contribution in [0.15, 0.2) is 217 Å². The van der Waals surface area contributed by atoms with Crippen LogP contribution >= 0.6 is 11.3 Å². The van der Waals surface area contributed by atoms with Gasteiger partial charge in [0, 0.05) is 43.2 Å². The molecule has 260 valence electrons. The highest BCUT2D eigenvalue weighted by atomic mass is 32.1. The predicted molar refractivity (Wildman–Crippen MR) is 233 cm³/mol. The van der Waals surface area contributed by atoms with Crippen LogP contribution in [0.4, 0.5) is 17.1 Å². The fraction of sp³-hybridized carbons (Fsp3) is 0. The lowest BCUT2D eigenvalue weighted by Crippen LogP contribution is -2.09. The summed E-state index contributed by atoms with van der Waals surface area (Å²) >= 11 is 1.83. The first-order valence-corrected chi connectivity index (χ1v) is 19.4. The van der Waals surface area contributed by atoms with Crippen molar-refractivity contribution in [1.29, 1.82) is 0 Å². The van der Waals surface area contributed by atoms with Gasteiger partial charge in [-0.05, 0) is 93.5 Å². The molecule has 0 aliphatic carbocycles. The third kappa shape index (κ3) is 6.31. The number of furan rings is 1. The van der Waals surface area contributed by atoms with Crippen LogP contribution in [-0.4, -0.2) is 0 Å². The zero-order chi connectivity index (χ0) is 36.6. The fourth-order valence-electron chi connectivity index (χ4n) is 7.53. The SMILES string of the molecule is c1ccc(-c2ccc(-c3ccc(N(c4ccc(-c5ccc(-c6ccccc6)s5)cc4)c4ccc(-c5cccc6c5oc5ccccc56)cc4)cc3)cc2)cc1. The lowest BCUT2D eigenvalue weighted by Gasteiger charge is -2.26. The molecule has 0 aliphatic rings. The highest BCUT2D eigenvalue weighted by molar-refractivity contribution is 7.18. The molecule has 2 heterocycles. The maximum Gasteiger partial charge on any atom is 0.143 e. The molecule has 10 rings (SSSR count). The van der Waals surface area contributed by atoms with Crippen molar-refractivity contribution in [1.82, 2.24) is 0 Å². The van der Waals surface area contributed by atoms with E-state index >= 15 is 0 Å². The summed E-state index contributed by atoms with van der Waals surface area (Å²) in [7, 11) is 0. The average Bonchev–Trinajstić information content (AvgIpc) is 3.92. The fourth-order valence-corrected chi connectivity index (χ4v) is 8.54. The second kappa shape index (κ2) is 14.1. The molecule has 2 aromatic heterocycles. The van der Waals surface area contributed by atoms with Crippen molar-refractivity contribution in [3.63, 3.8) is 0 Å². The maximum atomic E-state index is 6.40. The number of nitrogens with zero attached hydrogens (tertiary/aromatic N) is 1. The van der Waals surface area contributed by atoms with Gasteiger partial charge in [-0.1, -0.05) is 158 Å². The Labute approximate surface area is 324 Å². The van der Waals surface area contributed by atoms with Crippen LogP contribution in [0.2, 0.25) is 0 Å². The van der Waals surface area contributed by atoms with Crippen LogP contribution in [-0.2, 0) is 0 Å². The molecule has 8 aromatic carbocycles. The van der Waals surface area contributed by atoms with Crippen molar-refractivity contribution in [3.05, 3.63) is 212 Å². The molecule has 0 N–H and O–H groups in total. The third-order valence-corrected chi connectivity index (χ3v) is 11.5. The number of anilines is 3. The summed E-state index contributed by atoms with van der Waals surface area (Å²) in [5.41, 5.74) is 14.6. The van der Waals surface area contributed by atoms with E-state index in [4.69, 9.17) is 4.42 Å². The second-order valence-electron chi connectivity index (χ2n) is 13.7. The maximum absolute atomic E-state index is 6.40. The Morgan fingerprint density at radius 3 is 1.31 bits per heavy atom. The van der Waals surface area contributed by atoms with E-state index in [1.807, 2.05) is 23.5 Å². The Hall–Kier alpha value is -6.94. The van der Waals surface area contributed by atoms with E-state index in [-0.39, 0.29) is 0 Å². The zero-order valence-electron chi connectivity index (χ0n) is 30.0. The Kier molecular flexibility index (Phi) is 8.40. The average molecular weight is 722 g/mol. The van der Waals surface area contributed by atoms with Gasteiger partial charge in [0.1, 0.15) is 11.2 Å². The molecule has 0 saturated carbocycles. The molecule has 2 nitrogen and oxygen atoms in total. The molecule has 0 bridgehead atoms. The molecule has 3 heteroatoms. The van der Waals surface area contributed by atoms with Crippen molar-refractivity contribution in [2.75, 3.05) is 4.90 Å². The number of thiophene rings is 1. The van der Waals surface area contributed by atoms with Gasteiger partial charge in [-0.15, -0.1) is 11.3 Å². The van der Waals surface area contributed by atoms with Crippen molar-refractivity contribution in [2.45, 2.75) is 0 Å². The van der Waals surface area contributed by atoms with E-state index in [1.54, 1.807) is 0 Å². The van der Waals surface area contributed by atoms with Crippen LogP contribution in [0.25, 0.3) is 76.2 Å². The lowest BCUT2D eigenvalue weighted by atomic mass is 10.00. The van der Waals surface area contributed by atoms with E-state index < -0.39 is 0 Å². The van der Waals surface area contributed by atoms with Gasteiger partial charge >= 0.3 is 0 Å². The predicted octanol–water partition coefficient (Wildman–Crippen LogP) is 15.5. The minimum absolute atomic E-state index is 0.908. The largest absolute Gasteiger partial charge is 0.455 e. The quantitative estimate of drug-likeness (QED) is 0.155. The first-order chi connectivity index (χ1) is 27.2. The van der Waals surface area contributed by atoms with Gasteiger partial charge in [0.05, 0.1) is 0 Å². The van der Waals surface area contributed by atoms with Crippen LogP contribution in [0.1, 0.15) is 0 Å². The normalized spacial score (nSPS) is 11.3. The van der Waals surface area contributed by atoms with Crippen LogP contribution < -0.4 is 4.90 Å². The van der Waals surface area contributed by atoms with E-state index in [0.29, 0.717) is 0 Å². The van der Waals surface area contributed by atoms with Gasteiger partial charge in [0.15, 0.2) is 0 Å². The Balaban J connectivity index is 0.998. The number of rotatable bonds is 8. The van der Waals surface area contributed by atoms with Crippen LogP contribution in [0, 0.1) is 0 Å². The van der Waals surface area contributed by atoms with Crippen molar-refractivity contribution >= 4 is 50.3 Å². The molecule has 0 unspecified atom stereocenters. The molecular formula is C52H35NOS. The highest BCUT2D eigenvalue weighted by Gasteiger charge is 2.16. The molecule has 55 heavy (non-hydrogen) atoms. The highest BCUT2D eigenvalue weighted by Crippen LogP contribution is 2.41. The summed E-state index contributed by atoms with van der Waals surface area (Å²) in [6.45, 7) is 0. The molecule has 0 saturated heterocycles. The van der Waals surface area contributed by atoms with Gasteiger partial charge in [0.2, 0.25) is 0 Å². The number of benzene rings is 8. The minimum atomic E-state index is 0.908. The number of hydrogen-bond donors (Lipinski definition) is 0. The van der Waals surface area contributed by atoms with E-state index in [1.165, 1.54) is 43.1 Å². The monoisotopic (exact) mass is 721 g/mol. The number of hydrogen-bond acceptors (Lipinski definition) is 3. The molecule has 0 aliphatic heterocycles. The van der Waals surface area contributed by atoms with Gasteiger partial charge < -0.3 is 9.32 Å². The first kappa shape index (κ1) is 32.7. The Bertz CT molecular complexity index is 2870. The van der Waals surface area contributed by atoms with Gasteiger partial charge in [-0.3, -0.25) is 0 Å². The first-order valence-electron chi connectivity index (χ1n) is 18.6. The lowest BCUT2D eigenvalue weighted by molar-refractivity contribution is 0.670. The van der Waals surface area contributed by atoms with Crippen molar-refractivity contribution < 1.29 is 4.42 Å². The molecule has 10 aromatic rings. The van der Waals surface area contributed by atoms with E-state index in [9.17, 15) is 0 Å². The summed E-state index contributed by atoms with van der Waals surface area (Å²) in [4.78, 5) is 4.86. The topological polar surface area (TPSA) is 16.4 Å². The standard InChI is InChI=1S/C52H35NOS/c1-3-10-36(11-4-1)37-18-20-38(21-19-37)39-22-28-43(29-23-39)53(45-32-26-42(27-33-45)51-35-34-50(55-51)41-12-5-2-6-13-41)44-30-24-40(25-31-44)46-15-9-16-48-47-14-7-8-17-49(47)54-52(46)48/h1-35H. The molecular weight excluding hydrogens is 687 g/mol. The van der Waals surface area contributed by atoms with E-state index in [2.05, 4.69) is 205 Å². The number of para-hydroxylation sites is 2. The number of fused-ring (bicyclic) bond motifs is 3. The summed E-state index contributed by atoms with van der Waals surface area (Å²) in [6.07, 6.45) is 0.